The van der Waals surface area contributed by atoms with Crippen LogP contribution in [0.25, 0.3) is 0 Å². The lowest BCUT2D eigenvalue weighted by atomic mass is 10.0. The molecule has 0 radical (unpaired) electrons. The van der Waals surface area contributed by atoms with Crippen molar-refractivity contribution in [1.29, 1.82) is 0 Å². The number of ether oxygens (including phenoxy) is 3. The third-order valence-corrected chi connectivity index (χ3v) is 13.8. The van der Waals surface area contributed by atoms with Crippen LogP contribution in [0.5, 0.6) is 0 Å². The van der Waals surface area contributed by atoms with E-state index < -0.39 is 6.10 Å². The number of carbonyl (C=O) groups excluding carboxylic acids is 3. The molecule has 0 saturated carbocycles. The quantitative estimate of drug-likeness (QED) is 0.0261. The molecule has 0 aliphatic heterocycles. The molecule has 1 atom stereocenters. The lowest BCUT2D eigenvalue weighted by molar-refractivity contribution is -0.167. The van der Waals surface area contributed by atoms with Gasteiger partial charge in [0.15, 0.2) is 6.10 Å². The molecule has 0 fully saturated rings. The van der Waals surface area contributed by atoms with Crippen LogP contribution in [0.3, 0.4) is 0 Å². The van der Waals surface area contributed by atoms with E-state index >= 15 is 0 Å². The Morgan fingerprint density at radius 3 is 0.857 bits per heavy atom. The van der Waals surface area contributed by atoms with Crippen LogP contribution < -0.4 is 0 Å². The van der Waals surface area contributed by atoms with Gasteiger partial charge in [0.2, 0.25) is 0 Å². The Morgan fingerprint density at radius 2 is 0.543 bits per heavy atom. The van der Waals surface area contributed by atoms with Gasteiger partial charge in [-0.2, -0.15) is 0 Å². The van der Waals surface area contributed by atoms with Gasteiger partial charge in [-0.3, -0.25) is 14.4 Å². The molecule has 6 nitrogen and oxygen atoms in total. The van der Waals surface area contributed by atoms with Crippen molar-refractivity contribution in [1.82, 2.24) is 0 Å². The fourth-order valence-electron chi connectivity index (χ4n) is 9.18. The number of unbranched alkanes of at least 4 members (excludes halogenated alkanes) is 40. The molecule has 0 bridgehead atoms. The van der Waals surface area contributed by atoms with E-state index in [1.807, 2.05) is 0 Å². The summed E-state index contributed by atoms with van der Waals surface area (Å²) in [7, 11) is 0. The number of carbonyl (C=O) groups is 3. The van der Waals surface area contributed by atoms with Crippen LogP contribution in [0, 0.1) is 0 Å². The lowest BCUT2D eigenvalue weighted by Crippen LogP contribution is -2.30. The van der Waals surface area contributed by atoms with Crippen LogP contribution in [-0.2, 0) is 28.6 Å². The zero-order chi connectivity index (χ0) is 50.7. The molecule has 0 saturated heterocycles. The van der Waals surface area contributed by atoms with Gasteiger partial charge in [0.1, 0.15) is 13.2 Å². The smallest absolute Gasteiger partial charge is 0.306 e. The SMILES string of the molecule is CCC/C=C\C/C=C\CCCCCCCC(=O)OC(COC(=O)CCCCCCCCCCCCCC)COC(=O)CCCCCCCCCCCCCCCCC/C=C\CCCCCCCCCC. The molecular weight excluding hydrogens is 865 g/mol. The first-order valence-electron chi connectivity index (χ1n) is 31.0. The van der Waals surface area contributed by atoms with E-state index in [1.165, 1.54) is 205 Å². The van der Waals surface area contributed by atoms with Gasteiger partial charge >= 0.3 is 17.9 Å². The van der Waals surface area contributed by atoms with Gasteiger partial charge < -0.3 is 14.2 Å². The Labute approximate surface area is 435 Å². The molecule has 70 heavy (non-hydrogen) atoms. The van der Waals surface area contributed by atoms with Crippen LogP contribution in [0.4, 0.5) is 0 Å². The van der Waals surface area contributed by atoms with E-state index in [0.717, 1.165) is 89.9 Å². The van der Waals surface area contributed by atoms with E-state index in [4.69, 9.17) is 14.2 Å². The third kappa shape index (κ3) is 56.5. The number of esters is 3. The van der Waals surface area contributed by atoms with Gasteiger partial charge in [0, 0.05) is 19.3 Å². The van der Waals surface area contributed by atoms with Crippen molar-refractivity contribution in [2.45, 2.75) is 341 Å². The minimum Gasteiger partial charge on any atom is -0.462 e. The highest BCUT2D eigenvalue weighted by atomic mass is 16.6. The predicted molar refractivity (Wildman–Crippen MR) is 302 cm³/mol. The molecule has 0 amide bonds. The maximum atomic E-state index is 12.8. The topological polar surface area (TPSA) is 78.9 Å². The van der Waals surface area contributed by atoms with Crippen LogP contribution in [0.1, 0.15) is 335 Å². The first kappa shape index (κ1) is 67.6. The Bertz CT molecular complexity index is 1170. The van der Waals surface area contributed by atoms with Gasteiger partial charge in [-0.15, -0.1) is 0 Å². The van der Waals surface area contributed by atoms with Crippen molar-refractivity contribution in [3.63, 3.8) is 0 Å². The fourth-order valence-corrected chi connectivity index (χ4v) is 9.18. The van der Waals surface area contributed by atoms with Crippen molar-refractivity contribution < 1.29 is 28.6 Å². The minimum atomic E-state index is -0.775. The van der Waals surface area contributed by atoms with E-state index in [1.54, 1.807) is 0 Å². The molecule has 0 aromatic carbocycles. The van der Waals surface area contributed by atoms with Crippen LogP contribution >= 0.6 is 0 Å². The predicted octanol–water partition coefficient (Wildman–Crippen LogP) is 20.8. The fraction of sp³-hybridized carbons (Fsp3) is 0.859. The monoisotopic (exact) mass is 983 g/mol. The van der Waals surface area contributed by atoms with Gasteiger partial charge in [0.05, 0.1) is 0 Å². The van der Waals surface area contributed by atoms with E-state index in [2.05, 4.69) is 57.2 Å². The summed E-state index contributed by atoms with van der Waals surface area (Å²) in [5.74, 6) is -0.870. The molecule has 0 N–H and O–H groups in total. The van der Waals surface area contributed by atoms with Gasteiger partial charge in [-0.1, -0.05) is 282 Å². The molecule has 0 aromatic rings. The summed E-state index contributed by atoms with van der Waals surface area (Å²) in [6.45, 7) is 6.60. The Hall–Kier alpha value is -2.37. The second-order valence-electron chi connectivity index (χ2n) is 21.0. The van der Waals surface area contributed by atoms with Crippen molar-refractivity contribution in [3.8, 4) is 0 Å². The summed E-state index contributed by atoms with van der Waals surface area (Å²) in [5.41, 5.74) is 0. The average Bonchev–Trinajstić information content (AvgIpc) is 3.36. The zero-order valence-corrected chi connectivity index (χ0v) is 47.1. The molecule has 6 heteroatoms. The highest BCUT2D eigenvalue weighted by Crippen LogP contribution is 2.17. The Kier molecular flexibility index (Phi) is 57.2. The Balaban J connectivity index is 4.15. The highest BCUT2D eigenvalue weighted by Gasteiger charge is 2.19. The summed E-state index contributed by atoms with van der Waals surface area (Å²) in [6.07, 6.45) is 71.6. The molecule has 0 aromatic heterocycles. The maximum Gasteiger partial charge on any atom is 0.306 e. The molecule has 0 spiro atoms. The molecular formula is C64H118O6. The van der Waals surface area contributed by atoms with E-state index in [9.17, 15) is 14.4 Å². The second-order valence-corrected chi connectivity index (χ2v) is 21.0. The highest BCUT2D eigenvalue weighted by molar-refractivity contribution is 5.71. The first-order chi connectivity index (χ1) is 34.5. The summed E-state index contributed by atoms with van der Waals surface area (Å²) < 4.78 is 16.9. The second kappa shape index (κ2) is 59.2. The van der Waals surface area contributed by atoms with Crippen molar-refractivity contribution in [2.75, 3.05) is 13.2 Å². The average molecular weight is 984 g/mol. The van der Waals surface area contributed by atoms with Crippen LogP contribution in [0.15, 0.2) is 36.5 Å². The zero-order valence-electron chi connectivity index (χ0n) is 47.1. The number of allylic oxidation sites excluding steroid dienone is 6. The summed E-state index contributed by atoms with van der Waals surface area (Å²) in [4.78, 5) is 38.1. The molecule has 0 aliphatic carbocycles. The van der Waals surface area contributed by atoms with Gasteiger partial charge in [-0.05, 0) is 70.6 Å². The summed E-state index contributed by atoms with van der Waals surface area (Å²) in [5, 5.41) is 0. The number of hydrogen-bond donors (Lipinski definition) is 0. The molecule has 0 heterocycles. The Morgan fingerprint density at radius 1 is 0.286 bits per heavy atom. The molecule has 1 unspecified atom stereocenters. The number of rotatable bonds is 57. The third-order valence-electron chi connectivity index (χ3n) is 13.8. The van der Waals surface area contributed by atoms with Crippen molar-refractivity contribution in [3.05, 3.63) is 36.5 Å². The minimum absolute atomic E-state index is 0.0737. The van der Waals surface area contributed by atoms with E-state index in [-0.39, 0.29) is 31.1 Å². The molecule has 0 rings (SSSR count). The van der Waals surface area contributed by atoms with Crippen LogP contribution in [0.2, 0.25) is 0 Å². The summed E-state index contributed by atoms with van der Waals surface area (Å²) >= 11 is 0. The summed E-state index contributed by atoms with van der Waals surface area (Å²) in [6, 6.07) is 0. The maximum absolute atomic E-state index is 12.8. The van der Waals surface area contributed by atoms with Crippen molar-refractivity contribution in [2.24, 2.45) is 0 Å². The van der Waals surface area contributed by atoms with E-state index in [0.29, 0.717) is 19.3 Å². The van der Waals surface area contributed by atoms with Gasteiger partial charge in [0.25, 0.3) is 0 Å². The normalized spacial score (nSPS) is 12.2. The standard InChI is InChI=1S/C64H118O6/c1-4-7-10-13-16-19-22-25-26-27-28-29-30-31-32-33-34-35-36-37-38-40-42-45-48-51-54-57-63(66)69-60-61(59-68-62(65)56-53-50-47-44-41-24-21-18-15-12-9-6-3)70-64(67)58-55-52-49-46-43-39-23-20-17-14-11-8-5-2/h11,14,20,23,27-28,61H,4-10,12-13,15-19,21-22,24-26,29-60H2,1-3H3/b14-11-,23-20-,28-27-. The molecule has 410 valence electrons. The van der Waals surface area contributed by atoms with Crippen LogP contribution in [-0.4, -0.2) is 37.2 Å². The van der Waals surface area contributed by atoms with Crippen molar-refractivity contribution >= 4 is 17.9 Å². The first-order valence-corrected chi connectivity index (χ1v) is 31.0. The largest absolute Gasteiger partial charge is 0.462 e. The molecule has 0 aliphatic rings. The van der Waals surface area contributed by atoms with Gasteiger partial charge in [-0.25, -0.2) is 0 Å². The lowest BCUT2D eigenvalue weighted by Gasteiger charge is -2.18. The number of hydrogen-bond acceptors (Lipinski definition) is 6.